The van der Waals surface area contributed by atoms with Gasteiger partial charge in [-0.25, -0.2) is 8.42 Å². The van der Waals surface area contributed by atoms with Crippen LogP contribution < -0.4 is 9.62 Å². The number of sulfonamides is 1. The fourth-order valence-electron chi connectivity index (χ4n) is 5.01. The van der Waals surface area contributed by atoms with Crippen LogP contribution in [0.15, 0.2) is 106 Å². The first kappa shape index (κ1) is 35.2. The molecule has 0 spiro atoms. The van der Waals surface area contributed by atoms with Crippen molar-refractivity contribution in [3.8, 4) is 0 Å². The summed E-state index contributed by atoms with van der Waals surface area (Å²) >= 11 is 9.88. The van der Waals surface area contributed by atoms with E-state index >= 15 is 0 Å². The number of rotatable bonds is 13. The van der Waals surface area contributed by atoms with Gasteiger partial charge in [0.2, 0.25) is 11.8 Å². The molecule has 4 rings (SSSR count). The molecule has 4 aromatic carbocycles. The number of anilines is 1. The summed E-state index contributed by atoms with van der Waals surface area (Å²) in [6.45, 7) is 7.60. The van der Waals surface area contributed by atoms with Crippen molar-refractivity contribution in [1.29, 1.82) is 0 Å². The van der Waals surface area contributed by atoms with Crippen molar-refractivity contribution in [2.75, 3.05) is 17.4 Å². The van der Waals surface area contributed by atoms with E-state index in [0.29, 0.717) is 17.1 Å². The van der Waals surface area contributed by atoms with Crippen LogP contribution in [0.3, 0.4) is 0 Å². The minimum absolute atomic E-state index is 0.0410. The molecule has 0 heterocycles. The smallest absolute Gasteiger partial charge is 0.264 e. The zero-order valence-electron chi connectivity index (χ0n) is 26.4. The third-order valence-electron chi connectivity index (χ3n) is 7.53. The molecule has 0 radical (unpaired) electrons. The molecule has 0 aliphatic carbocycles. The molecular weight excluding hydrogens is 686 g/mol. The third kappa shape index (κ3) is 9.21. The van der Waals surface area contributed by atoms with Crippen molar-refractivity contribution in [2.24, 2.45) is 5.92 Å². The highest BCUT2D eigenvalue weighted by Crippen LogP contribution is 2.30. The van der Waals surface area contributed by atoms with Crippen molar-refractivity contribution in [3.05, 3.63) is 129 Å². The molecule has 0 unspecified atom stereocenters. The monoisotopic (exact) mass is 723 g/mol. The van der Waals surface area contributed by atoms with Crippen LogP contribution in [-0.2, 0) is 32.6 Å². The number of nitrogens with one attached hydrogen (secondary N) is 1. The summed E-state index contributed by atoms with van der Waals surface area (Å²) in [5.41, 5.74) is 3.46. The maximum Gasteiger partial charge on any atom is 0.264 e. The summed E-state index contributed by atoms with van der Waals surface area (Å²) in [4.78, 5) is 30.0. The van der Waals surface area contributed by atoms with Gasteiger partial charge in [-0.1, -0.05) is 108 Å². The molecule has 46 heavy (non-hydrogen) atoms. The van der Waals surface area contributed by atoms with Gasteiger partial charge >= 0.3 is 0 Å². The van der Waals surface area contributed by atoms with Gasteiger partial charge in [0, 0.05) is 29.0 Å². The van der Waals surface area contributed by atoms with Gasteiger partial charge in [0.25, 0.3) is 10.0 Å². The molecule has 0 aliphatic rings. The Hall–Kier alpha value is -3.66. The maximum absolute atomic E-state index is 14.6. The average molecular weight is 725 g/mol. The number of amides is 2. The zero-order chi connectivity index (χ0) is 33.4. The van der Waals surface area contributed by atoms with Crippen molar-refractivity contribution in [2.45, 2.75) is 51.6 Å². The molecular formula is C36H39BrClN3O4S. The summed E-state index contributed by atoms with van der Waals surface area (Å²) in [7, 11) is -4.23. The second-order valence-electron chi connectivity index (χ2n) is 11.8. The lowest BCUT2D eigenvalue weighted by Crippen LogP contribution is -2.53. The second-order valence-corrected chi connectivity index (χ2v) is 15.0. The number of nitrogens with zero attached hydrogens (tertiary/aromatic N) is 2. The Balaban J connectivity index is 1.83. The Morgan fingerprint density at radius 2 is 1.54 bits per heavy atom. The van der Waals surface area contributed by atoms with Crippen LogP contribution in [0.1, 0.15) is 36.1 Å². The molecule has 4 aromatic rings. The van der Waals surface area contributed by atoms with Gasteiger partial charge in [-0.2, -0.15) is 0 Å². The van der Waals surface area contributed by atoms with Gasteiger partial charge in [0.1, 0.15) is 12.6 Å². The number of aryl methyl sites for hydroxylation is 2. The molecule has 0 aromatic heterocycles. The fourth-order valence-corrected chi connectivity index (χ4v) is 7.09. The molecule has 0 bridgehead atoms. The second kappa shape index (κ2) is 15.8. The Labute approximate surface area is 285 Å². The first-order chi connectivity index (χ1) is 21.8. The van der Waals surface area contributed by atoms with Crippen LogP contribution in [0.5, 0.6) is 0 Å². The van der Waals surface area contributed by atoms with Gasteiger partial charge < -0.3 is 10.2 Å². The molecule has 2 amide bonds. The summed E-state index contributed by atoms with van der Waals surface area (Å²) < 4.78 is 30.5. The van der Waals surface area contributed by atoms with Crippen LogP contribution in [-0.4, -0.2) is 44.3 Å². The number of hydrogen-bond donors (Lipinski definition) is 1. The Bertz CT molecular complexity index is 1770. The van der Waals surface area contributed by atoms with E-state index in [9.17, 15) is 18.0 Å². The quantitative estimate of drug-likeness (QED) is 0.157. The van der Waals surface area contributed by atoms with Crippen molar-refractivity contribution < 1.29 is 18.0 Å². The van der Waals surface area contributed by atoms with Crippen molar-refractivity contribution >= 4 is 55.1 Å². The van der Waals surface area contributed by atoms with E-state index in [2.05, 4.69) is 21.2 Å². The van der Waals surface area contributed by atoms with Crippen LogP contribution >= 0.6 is 27.5 Å². The Kier molecular flexibility index (Phi) is 12.1. The van der Waals surface area contributed by atoms with E-state index in [4.69, 9.17) is 11.6 Å². The Morgan fingerprint density at radius 1 is 0.870 bits per heavy atom. The summed E-state index contributed by atoms with van der Waals surface area (Å²) in [5.74, 6) is -0.653. The third-order valence-corrected chi connectivity index (χ3v) is 10.0. The first-order valence-electron chi connectivity index (χ1n) is 15.1. The van der Waals surface area contributed by atoms with Crippen LogP contribution in [0.2, 0.25) is 5.02 Å². The van der Waals surface area contributed by atoms with Crippen molar-refractivity contribution in [3.63, 3.8) is 0 Å². The number of benzene rings is 4. The van der Waals surface area contributed by atoms with E-state index in [0.717, 1.165) is 25.5 Å². The Morgan fingerprint density at radius 3 is 2.20 bits per heavy atom. The van der Waals surface area contributed by atoms with E-state index in [-0.39, 0.29) is 35.4 Å². The minimum atomic E-state index is -4.23. The molecule has 242 valence electrons. The van der Waals surface area contributed by atoms with Gasteiger partial charge in [-0.3, -0.25) is 13.9 Å². The topological polar surface area (TPSA) is 86.8 Å². The lowest BCUT2D eigenvalue weighted by Gasteiger charge is -2.34. The van der Waals surface area contributed by atoms with Crippen molar-refractivity contribution in [1.82, 2.24) is 10.2 Å². The number of carbonyl (C=O) groups is 2. The molecule has 7 nitrogen and oxygen atoms in total. The van der Waals surface area contributed by atoms with Gasteiger partial charge in [0.05, 0.1) is 10.6 Å². The standard InChI is InChI=1S/C36H39BrClN3O4S/c1-25(2)22-39-36(43)34(20-28-9-6-5-7-10-28)40(23-29-11-8-12-30(37)19-29)35(42)24-41(33-21-31(38)16-15-27(33)4)46(44,45)32-17-13-26(3)14-18-32/h5-19,21,25,34H,20,22-24H2,1-4H3,(H,39,43)/t34-/m1/s1. The largest absolute Gasteiger partial charge is 0.354 e. The first-order valence-corrected chi connectivity index (χ1v) is 17.7. The normalized spacial score (nSPS) is 12.1. The summed E-state index contributed by atoms with van der Waals surface area (Å²) in [5, 5.41) is 3.34. The number of hydrogen-bond acceptors (Lipinski definition) is 4. The fraction of sp³-hybridized carbons (Fsp3) is 0.278. The molecule has 0 fully saturated rings. The van der Waals surface area contributed by atoms with Gasteiger partial charge in [-0.15, -0.1) is 0 Å². The van der Waals surface area contributed by atoms with Gasteiger partial charge in [-0.05, 0) is 72.9 Å². The van der Waals surface area contributed by atoms with E-state index in [1.54, 1.807) is 37.3 Å². The zero-order valence-corrected chi connectivity index (χ0v) is 29.6. The van der Waals surface area contributed by atoms with Crippen LogP contribution in [0.4, 0.5) is 5.69 Å². The summed E-state index contributed by atoms with van der Waals surface area (Å²) in [6.07, 6.45) is 0.241. The van der Waals surface area contributed by atoms with E-state index in [1.165, 1.54) is 17.0 Å². The minimum Gasteiger partial charge on any atom is -0.354 e. The molecule has 1 N–H and O–H groups in total. The SMILES string of the molecule is Cc1ccc(S(=O)(=O)N(CC(=O)N(Cc2cccc(Br)c2)[C@H](Cc2ccccc2)C(=O)NCC(C)C)c2cc(Cl)ccc2C)cc1. The van der Waals surface area contributed by atoms with E-state index in [1.807, 2.05) is 75.4 Å². The lowest BCUT2D eigenvalue weighted by molar-refractivity contribution is -0.140. The molecule has 0 saturated heterocycles. The van der Waals surface area contributed by atoms with Crippen LogP contribution in [0.25, 0.3) is 0 Å². The molecule has 0 saturated carbocycles. The predicted molar refractivity (Wildman–Crippen MR) is 188 cm³/mol. The predicted octanol–water partition coefficient (Wildman–Crippen LogP) is 7.33. The molecule has 1 atom stereocenters. The molecule has 10 heteroatoms. The van der Waals surface area contributed by atoms with Gasteiger partial charge in [0.15, 0.2) is 0 Å². The highest BCUT2D eigenvalue weighted by Gasteiger charge is 2.35. The maximum atomic E-state index is 14.6. The van der Waals surface area contributed by atoms with Crippen LogP contribution in [0, 0.1) is 19.8 Å². The lowest BCUT2D eigenvalue weighted by atomic mass is 10.0. The summed E-state index contributed by atoms with van der Waals surface area (Å²) in [6, 6.07) is 27.5. The highest BCUT2D eigenvalue weighted by molar-refractivity contribution is 9.10. The number of carbonyl (C=O) groups excluding carboxylic acids is 2. The average Bonchev–Trinajstić information content (AvgIpc) is 3.02. The molecule has 0 aliphatic heterocycles. The number of halogens is 2. The van der Waals surface area contributed by atoms with E-state index < -0.39 is 28.5 Å². The highest BCUT2D eigenvalue weighted by atomic mass is 79.9.